The van der Waals surface area contributed by atoms with Gasteiger partial charge in [-0.2, -0.15) is 0 Å². The maximum Gasteiger partial charge on any atom is 0.174 e. The summed E-state index contributed by atoms with van der Waals surface area (Å²) in [5.74, 6) is 1.46. The molecule has 154 valence electrons. The second-order valence-electron chi connectivity index (χ2n) is 7.01. The fourth-order valence-corrected chi connectivity index (χ4v) is 3.10. The van der Waals surface area contributed by atoms with E-state index in [0.717, 1.165) is 23.3 Å². The minimum absolute atomic E-state index is 0.00544. The van der Waals surface area contributed by atoms with Crippen molar-refractivity contribution in [2.24, 2.45) is 0 Å². The van der Waals surface area contributed by atoms with Gasteiger partial charge in [-0.1, -0.05) is 42.5 Å². The SMILES string of the molecule is CCOc1ccc(CC(=O)COc2ccc(C(=O)CCc3ccccc3)cc2)cc1. The second-order valence-corrected chi connectivity index (χ2v) is 7.01. The van der Waals surface area contributed by atoms with Crippen LogP contribution in [0.15, 0.2) is 78.9 Å². The van der Waals surface area contributed by atoms with Crippen LogP contribution in [0.25, 0.3) is 0 Å². The topological polar surface area (TPSA) is 52.6 Å². The van der Waals surface area contributed by atoms with Gasteiger partial charge in [0.15, 0.2) is 11.6 Å². The van der Waals surface area contributed by atoms with Gasteiger partial charge in [0.25, 0.3) is 0 Å². The van der Waals surface area contributed by atoms with Crippen molar-refractivity contribution in [3.63, 3.8) is 0 Å². The molecule has 30 heavy (non-hydrogen) atoms. The van der Waals surface area contributed by atoms with Crippen LogP contribution >= 0.6 is 0 Å². The van der Waals surface area contributed by atoms with Gasteiger partial charge in [0.2, 0.25) is 0 Å². The van der Waals surface area contributed by atoms with Crippen LogP contribution in [0, 0.1) is 0 Å². The first-order valence-corrected chi connectivity index (χ1v) is 10.2. The Hall–Kier alpha value is -3.40. The predicted octanol–water partition coefficient (Wildman–Crippen LogP) is 5.09. The van der Waals surface area contributed by atoms with Gasteiger partial charge in [-0.15, -0.1) is 0 Å². The Labute approximate surface area is 177 Å². The Balaban J connectivity index is 1.44. The minimum Gasteiger partial charge on any atom is -0.494 e. The van der Waals surface area contributed by atoms with E-state index in [9.17, 15) is 9.59 Å². The Morgan fingerprint density at radius 1 is 0.733 bits per heavy atom. The van der Waals surface area contributed by atoms with Gasteiger partial charge >= 0.3 is 0 Å². The molecule has 0 amide bonds. The third-order valence-electron chi connectivity index (χ3n) is 4.70. The number of benzene rings is 3. The minimum atomic E-state index is -0.0119. The quantitative estimate of drug-likeness (QED) is 0.419. The van der Waals surface area contributed by atoms with Crippen molar-refractivity contribution in [3.05, 3.63) is 95.6 Å². The number of hydrogen-bond donors (Lipinski definition) is 0. The molecular weight excluding hydrogens is 376 g/mol. The molecule has 0 radical (unpaired) electrons. The van der Waals surface area contributed by atoms with Crippen molar-refractivity contribution in [1.82, 2.24) is 0 Å². The highest BCUT2D eigenvalue weighted by atomic mass is 16.5. The third kappa shape index (κ3) is 6.59. The third-order valence-corrected chi connectivity index (χ3v) is 4.70. The summed E-state index contributed by atoms with van der Waals surface area (Å²) in [5, 5.41) is 0. The maximum absolute atomic E-state index is 12.4. The predicted molar refractivity (Wildman–Crippen MR) is 117 cm³/mol. The number of Topliss-reactive ketones (excluding diaryl/α,β-unsaturated/α-hetero) is 2. The summed E-state index contributed by atoms with van der Waals surface area (Å²) in [7, 11) is 0. The van der Waals surface area contributed by atoms with Crippen LogP contribution in [0.2, 0.25) is 0 Å². The number of hydrogen-bond acceptors (Lipinski definition) is 4. The van der Waals surface area contributed by atoms with Crippen molar-refractivity contribution >= 4 is 11.6 Å². The van der Waals surface area contributed by atoms with Crippen LogP contribution in [-0.2, 0) is 17.6 Å². The smallest absolute Gasteiger partial charge is 0.174 e. The number of ketones is 2. The van der Waals surface area contributed by atoms with Crippen molar-refractivity contribution in [2.45, 2.75) is 26.2 Å². The second kappa shape index (κ2) is 11.0. The molecule has 0 bridgehead atoms. The van der Waals surface area contributed by atoms with Gasteiger partial charge in [-0.05, 0) is 60.9 Å². The number of carbonyl (C=O) groups is 2. The number of rotatable bonds is 11. The van der Waals surface area contributed by atoms with E-state index in [-0.39, 0.29) is 18.2 Å². The first kappa shape index (κ1) is 21.3. The largest absolute Gasteiger partial charge is 0.494 e. The van der Waals surface area contributed by atoms with Crippen LogP contribution in [0.4, 0.5) is 0 Å². The van der Waals surface area contributed by atoms with Crippen molar-refractivity contribution in [2.75, 3.05) is 13.2 Å². The fraction of sp³-hybridized carbons (Fsp3) is 0.231. The summed E-state index contributed by atoms with van der Waals surface area (Å²) in [6.45, 7) is 2.54. The lowest BCUT2D eigenvalue weighted by Crippen LogP contribution is -2.14. The Morgan fingerprint density at radius 3 is 2.03 bits per heavy atom. The van der Waals surface area contributed by atoms with E-state index in [1.54, 1.807) is 24.3 Å². The molecule has 0 saturated carbocycles. The highest BCUT2D eigenvalue weighted by Gasteiger charge is 2.08. The molecule has 4 nitrogen and oxygen atoms in total. The fourth-order valence-electron chi connectivity index (χ4n) is 3.10. The van der Waals surface area contributed by atoms with Crippen molar-refractivity contribution < 1.29 is 19.1 Å². The highest BCUT2D eigenvalue weighted by molar-refractivity contribution is 5.96. The average molecular weight is 402 g/mol. The number of ether oxygens (including phenoxy) is 2. The molecule has 0 aliphatic rings. The van der Waals surface area contributed by atoms with Gasteiger partial charge in [0, 0.05) is 18.4 Å². The molecule has 0 fully saturated rings. The number of aryl methyl sites for hydroxylation is 1. The summed E-state index contributed by atoms with van der Waals surface area (Å²) in [6.07, 6.45) is 1.49. The zero-order chi connectivity index (χ0) is 21.2. The molecule has 0 saturated heterocycles. The zero-order valence-electron chi connectivity index (χ0n) is 17.2. The molecule has 3 aromatic carbocycles. The lowest BCUT2D eigenvalue weighted by atomic mass is 10.0. The van der Waals surface area contributed by atoms with Crippen LogP contribution in [-0.4, -0.2) is 24.8 Å². The zero-order valence-corrected chi connectivity index (χ0v) is 17.2. The summed E-state index contributed by atoms with van der Waals surface area (Å²) in [4.78, 5) is 24.5. The lowest BCUT2D eigenvalue weighted by molar-refractivity contribution is -0.120. The summed E-state index contributed by atoms with van der Waals surface area (Å²) < 4.78 is 11.0. The molecule has 4 heteroatoms. The van der Waals surface area contributed by atoms with Crippen molar-refractivity contribution in [3.8, 4) is 11.5 Å². The first-order chi connectivity index (χ1) is 14.6. The van der Waals surface area contributed by atoms with Crippen LogP contribution < -0.4 is 9.47 Å². The molecule has 0 heterocycles. The van der Waals surface area contributed by atoms with Crippen LogP contribution in [0.1, 0.15) is 34.8 Å². The molecule has 0 atom stereocenters. The molecule has 0 aromatic heterocycles. The van der Waals surface area contributed by atoms with E-state index in [2.05, 4.69) is 0 Å². The van der Waals surface area contributed by atoms with Gasteiger partial charge < -0.3 is 9.47 Å². The average Bonchev–Trinajstić information content (AvgIpc) is 2.78. The van der Waals surface area contributed by atoms with Gasteiger partial charge in [-0.3, -0.25) is 9.59 Å². The van der Waals surface area contributed by atoms with E-state index in [0.29, 0.717) is 30.8 Å². The maximum atomic E-state index is 12.4. The molecule has 3 aromatic rings. The molecular formula is C26H26O4. The van der Waals surface area contributed by atoms with E-state index in [1.165, 1.54) is 0 Å². The molecule has 0 aliphatic heterocycles. The summed E-state index contributed by atoms with van der Waals surface area (Å²) in [5.41, 5.74) is 2.72. The monoisotopic (exact) mass is 402 g/mol. The normalized spacial score (nSPS) is 10.4. The molecule has 0 unspecified atom stereocenters. The Bertz CT molecular complexity index is 945. The number of carbonyl (C=O) groups excluding carboxylic acids is 2. The van der Waals surface area contributed by atoms with Gasteiger partial charge in [-0.25, -0.2) is 0 Å². The molecule has 0 aliphatic carbocycles. The van der Waals surface area contributed by atoms with E-state index >= 15 is 0 Å². The van der Waals surface area contributed by atoms with E-state index < -0.39 is 0 Å². The van der Waals surface area contributed by atoms with Crippen LogP contribution in [0.5, 0.6) is 11.5 Å². The van der Waals surface area contributed by atoms with E-state index in [1.807, 2.05) is 61.5 Å². The molecule has 0 N–H and O–H groups in total. The van der Waals surface area contributed by atoms with Crippen molar-refractivity contribution in [1.29, 1.82) is 0 Å². The Kier molecular flexibility index (Phi) is 7.78. The molecule has 0 spiro atoms. The van der Waals surface area contributed by atoms with E-state index in [4.69, 9.17) is 9.47 Å². The molecule has 3 rings (SSSR count). The first-order valence-electron chi connectivity index (χ1n) is 10.2. The highest BCUT2D eigenvalue weighted by Crippen LogP contribution is 2.16. The lowest BCUT2D eigenvalue weighted by Gasteiger charge is -2.08. The van der Waals surface area contributed by atoms with Gasteiger partial charge in [0.1, 0.15) is 18.1 Å². The van der Waals surface area contributed by atoms with Gasteiger partial charge in [0.05, 0.1) is 6.61 Å². The standard InChI is InChI=1S/C26H26O4/c1-2-29-24-13-8-21(9-14-24)18-23(27)19-30-25-15-11-22(12-16-25)26(28)17-10-20-6-4-3-5-7-20/h3-9,11-16H,2,10,17-19H2,1H3. The Morgan fingerprint density at radius 2 is 1.37 bits per heavy atom. The summed E-state index contributed by atoms with van der Waals surface area (Å²) >= 11 is 0. The van der Waals surface area contributed by atoms with Crippen LogP contribution in [0.3, 0.4) is 0 Å². The summed E-state index contributed by atoms with van der Waals surface area (Å²) in [6, 6.07) is 24.4.